The standard InChI is InChI=1S/C15H25NO2/c1-5-9-14(13-10-7-6-8-11-13)16-12(2)15(17-3)18-4/h6-8,10-12,14-16H,5,9H2,1-4H3. The zero-order valence-corrected chi connectivity index (χ0v) is 11.8. The molecule has 3 nitrogen and oxygen atoms in total. The Labute approximate surface area is 110 Å². The van der Waals surface area contributed by atoms with Crippen LogP contribution in [0.5, 0.6) is 0 Å². The van der Waals surface area contributed by atoms with Crippen LogP contribution in [0.1, 0.15) is 38.3 Å². The lowest BCUT2D eigenvalue weighted by atomic mass is 10.0. The molecule has 0 aliphatic carbocycles. The van der Waals surface area contributed by atoms with E-state index in [9.17, 15) is 0 Å². The third-order valence-corrected chi connectivity index (χ3v) is 3.12. The average Bonchev–Trinajstić information content (AvgIpc) is 2.40. The van der Waals surface area contributed by atoms with Crippen molar-refractivity contribution in [3.63, 3.8) is 0 Å². The molecule has 0 heterocycles. The molecule has 0 aliphatic rings. The summed E-state index contributed by atoms with van der Waals surface area (Å²) in [7, 11) is 3.34. The number of methoxy groups -OCH3 is 2. The Morgan fingerprint density at radius 3 is 2.22 bits per heavy atom. The lowest BCUT2D eigenvalue weighted by molar-refractivity contribution is -0.121. The molecule has 0 radical (unpaired) electrons. The highest BCUT2D eigenvalue weighted by atomic mass is 16.7. The molecule has 2 atom stereocenters. The topological polar surface area (TPSA) is 30.5 Å². The van der Waals surface area contributed by atoms with Crippen LogP contribution in [-0.4, -0.2) is 26.6 Å². The summed E-state index contributed by atoms with van der Waals surface area (Å²) in [5.74, 6) is 0. The first-order valence-corrected chi connectivity index (χ1v) is 6.59. The van der Waals surface area contributed by atoms with Gasteiger partial charge in [0.25, 0.3) is 0 Å². The molecule has 0 aliphatic heterocycles. The lowest BCUT2D eigenvalue weighted by Crippen LogP contribution is -2.41. The summed E-state index contributed by atoms with van der Waals surface area (Å²) in [4.78, 5) is 0. The van der Waals surface area contributed by atoms with E-state index < -0.39 is 0 Å². The fourth-order valence-corrected chi connectivity index (χ4v) is 2.22. The van der Waals surface area contributed by atoms with Gasteiger partial charge >= 0.3 is 0 Å². The SMILES string of the molecule is CCCC(NC(C)C(OC)OC)c1ccccc1. The van der Waals surface area contributed by atoms with Crippen LogP contribution in [0.4, 0.5) is 0 Å². The zero-order chi connectivity index (χ0) is 13.4. The van der Waals surface area contributed by atoms with Gasteiger partial charge in [0, 0.05) is 20.3 Å². The van der Waals surface area contributed by atoms with Gasteiger partial charge in [-0.3, -0.25) is 0 Å². The van der Waals surface area contributed by atoms with E-state index in [4.69, 9.17) is 9.47 Å². The van der Waals surface area contributed by atoms with Crippen LogP contribution in [0.3, 0.4) is 0 Å². The summed E-state index contributed by atoms with van der Waals surface area (Å²) in [5.41, 5.74) is 1.32. The highest BCUT2D eigenvalue weighted by Crippen LogP contribution is 2.19. The van der Waals surface area contributed by atoms with Crippen molar-refractivity contribution in [1.29, 1.82) is 0 Å². The second-order valence-corrected chi connectivity index (χ2v) is 4.55. The van der Waals surface area contributed by atoms with Gasteiger partial charge in [-0.25, -0.2) is 0 Å². The predicted molar refractivity (Wildman–Crippen MR) is 74.5 cm³/mol. The maximum Gasteiger partial charge on any atom is 0.171 e. The first kappa shape index (κ1) is 15.2. The van der Waals surface area contributed by atoms with Crippen molar-refractivity contribution >= 4 is 0 Å². The van der Waals surface area contributed by atoms with E-state index in [1.54, 1.807) is 14.2 Å². The quantitative estimate of drug-likeness (QED) is 0.720. The summed E-state index contributed by atoms with van der Waals surface area (Å²) < 4.78 is 10.6. The van der Waals surface area contributed by atoms with Crippen molar-refractivity contribution in [2.24, 2.45) is 0 Å². The van der Waals surface area contributed by atoms with Gasteiger partial charge in [-0.05, 0) is 18.9 Å². The highest BCUT2D eigenvalue weighted by Gasteiger charge is 2.20. The Morgan fingerprint density at radius 1 is 1.11 bits per heavy atom. The van der Waals surface area contributed by atoms with E-state index in [1.807, 2.05) is 6.07 Å². The number of rotatable bonds is 8. The largest absolute Gasteiger partial charge is 0.354 e. The van der Waals surface area contributed by atoms with Crippen LogP contribution in [0, 0.1) is 0 Å². The second kappa shape index (κ2) is 8.25. The summed E-state index contributed by atoms with van der Waals surface area (Å²) in [6, 6.07) is 11.0. The molecule has 0 bridgehead atoms. The molecule has 0 saturated carbocycles. The molecule has 3 heteroatoms. The Bertz CT molecular complexity index is 312. The average molecular weight is 251 g/mol. The molecule has 102 valence electrons. The first-order valence-electron chi connectivity index (χ1n) is 6.59. The summed E-state index contributed by atoms with van der Waals surface area (Å²) >= 11 is 0. The minimum atomic E-state index is -0.215. The van der Waals surface area contributed by atoms with E-state index in [2.05, 4.69) is 43.4 Å². The highest BCUT2D eigenvalue weighted by molar-refractivity contribution is 5.18. The molecule has 1 aromatic carbocycles. The van der Waals surface area contributed by atoms with Crippen molar-refractivity contribution < 1.29 is 9.47 Å². The fourth-order valence-electron chi connectivity index (χ4n) is 2.22. The van der Waals surface area contributed by atoms with Crippen LogP contribution in [0.2, 0.25) is 0 Å². The molecule has 0 aromatic heterocycles. The summed E-state index contributed by atoms with van der Waals surface area (Å²) in [5, 5.41) is 3.59. The maximum absolute atomic E-state index is 5.29. The monoisotopic (exact) mass is 251 g/mol. The lowest BCUT2D eigenvalue weighted by Gasteiger charge is -2.28. The minimum Gasteiger partial charge on any atom is -0.354 e. The smallest absolute Gasteiger partial charge is 0.171 e. The fraction of sp³-hybridized carbons (Fsp3) is 0.600. The van der Waals surface area contributed by atoms with Crippen molar-refractivity contribution in [3.05, 3.63) is 35.9 Å². The number of hydrogen-bond acceptors (Lipinski definition) is 3. The molecule has 0 amide bonds. The molecule has 1 N–H and O–H groups in total. The normalized spacial score (nSPS) is 14.7. The van der Waals surface area contributed by atoms with Gasteiger partial charge in [-0.1, -0.05) is 43.7 Å². The van der Waals surface area contributed by atoms with Gasteiger partial charge in [-0.2, -0.15) is 0 Å². The maximum atomic E-state index is 5.29. The first-order chi connectivity index (χ1) is 8.72. The Morgan fingerprint density at radius 2 is 1.72 bits per heavy atom. The van der Waals surface area contributed by atoms with Crippen molar-refractivity contribution in [2.45, 2.75) is 45.1 Å². The van der Waals surface area contributed by atoms with E-state index >= 15 is 0 Å². The van der Waals surface area contributed by atoms with Crippen molar-refractivity contribution in [2.75, 3.05) is 14.2 Å². The van der Waals surface area contributed by atoms with E-state index in [1.165, 1.54) is 5.56 Å². The van der Waals surface area contributed by atoms with Gasteiger partial charge in [-0.15, -0.1) is 0 Å². The van der Waals surface area contributed by atoms with Gasteiger partial charge in [0.05, 0.1) is 6.04 Å². The Kier molecular flexibility index (Phi) is 6.94. The third-order valence-electron chi connectivity index (χ3n) is 3.12. The van der Waals surface area contributed by atoms with Crippen LogP contribution < -0.4 is 5.32 Å². The molecule has 0 fully saturated rings. The number of benzene rings is 1. The minimum absolute atomic E-state index is 0.150. The molecule has 0 saturated heterocycles. The van der Waals surface area contributed by atoms with Gasteiger partial charge in [0.15, 0.2) is 6.29 Å². The van der Waals surface area contributed by atoms with Crippen molar-refractivity contribution in [1.82, 2.24) is 5.32 Å². The van der Waals surface area contributed by atoms with E-state index in [0.717, 1.165) is 12.8 Å². The molecule has 2 unspecified atom stereocenters. The van der Waals surface area contributed by atoms with Gasteiger partial charge in [0.2, 0.25) is 0 Å². The Balaban J connectivity index is 2.69. The van der Waals surface area contributed by atoms with Crippen LogP contribution in [0.15, 0.2) is 30.3 Å². The van der Waals surface area contributed by atoms with Gasteiger partial charge in [0.1, 0.15) is 0 Å². The van der Waals surface area contributed by atoms with Crippen LogP contribution >= 0.6 is 0 Å². The zero-order valence-electron chi connectivity index (χ0n) is 11.8. The number of nitrogens with one attached hydrogen (secondary N) is 1. The number of ether oxygens (including phenoxy) is 2. The molecular weight excluding hydrogens is 226 g/mol. The van der Waals surface area contributed by atoms with Crippen LogP contribution in [0.25, 0.3) is 0 Å². The molecule has 18 heavy (non-hydrogen) atoms. The number of hydrogen-bond donors (Lipinski definition) is 1. The second-order valence-electron chi connectivity index (χ2n) is 4.55. The van der Waals surface area contributed by atoms with Gasteiger partial charge < -0.3 is 14.8 Å². The van der Waals surface area contributed by atoms with E-state index in [-0.39, 0.29) is 12.3 Å². The van der Waals surface area contributed by atoms with E-state index in [0.29, 0.717) is 6.04 Å². The molecular formula is C15H25NO2. The molecule has 0 spiro atoms. The summed E-state index contributed by atoms with van der Waals surface area (Å²) in [6.45, 7) is 4.29. The Hall–Kier alpha value is -0.900. The van der Waals surface area contributed by atoms with Crippen LogP contribution in [-0.2, 0) is 9.47 Å². The molecule has 1 rings (SSSR count). The summed E-state index contributed by atoms with van der Waals surface area (Å²) in [6.07, 6.45) is 2.03. The molecule has 1 aromatic rings. The third kappa shape index (κ3) is 4.41. The predicted octanol–water partition coefficient (Wildman–Crippen LogP) is 3.12. The van der Waals surface area contributed by atoms with Crippen molar-refractivity contribution in [3.8, 4) is 0 Å².